The van der Waals surface area contributed by atoms with E-state index in [0.717, 1.165) is 10.3 Å². The SMILES string of the molecule is Cc1nccn1-c1cc(NC(=O)c2cccc(Br)c2)ncn1. The molecule has 0 atom stereocenters. The van der Waals surface area contributed by atoms with Gasteiger partial charge in [0.1, 0.15) is 23.8 Å². The van der Waals surface area contributed by atoms with Gasteiger partial charge in [0, 0.05) is 28.5 Å². The van der Waals surface area contributed by atoms with Crippen molar-refractivity contribution in [3.63, 3.8) is 0 Å². The molecule has 0 aliphatic carbocycles. The first-order valence-corrected chi connectivity index (χ1v) is 7.32. The lowest BCUT2D eigenvalue weighted by Gasteiger charge is -2.07. The lowest BCUT2D eigenvalue weighted by Crippen LogP contribution is -2.13. The highest BCUT2D eigenvalue weighted by Crippen LogP contribution is 2.15. The number of aryl methyl sites for hydroxylation is 1. The normalized spacial score (nSPS) is 10.5. The standard InChI is InChI=1S/C15H12BrN5O/c1-10-17-5-6-21(10)14-8-13(18-9-19-14)20-15(22)11-3-2-4-12(16)7-11/h2-9H,1H3,(H,18,19,20,22). The third-order valence-corrected chi connectivity index (χ3v) is 3.55. The van der Waals surface area contributed by atoms with Crippen molar-refractivity contribution in [3.05, 3.63) is 64.9 Å². The van der Waals surface area contributed by atoms with Gasteiger partial charge in [-0.2, -0.15) is 0 Å². The second-order valence-electron chi connectivity index (χ2n) is 4.57. The van der Waals surface area contributed by atoms with Crippen LogP contribution in [-0.4, -0.2) is 25.4 Å². The van der Waals surface area contributed by atoms with Gasteiger partial charge in [0.2, 0.25) is 0 Å². The molecule has 22 heavy (non-hydrogen) atoms. The molecule has 6 nitrogen and oxygen atoms in total. The monoisotopic (exact) mass is 357 g/mol. The molecule has 3 rings (SSSR count). The topological polar surface area (TPSA) is 72.7 Å². The van der Waals surface area contributed by atoms with Crippen LogP contribution in [0.4, 0.5) is 5.82 Å². The fraction of sp³-hybridized carbons (Fsp3) is 0.0667. The summed E-state index contributed by atoms with van der Waals surface area (Å²) < 4.78 is 2.66. The maximum absolute atomic E-state index is 12.2. The van der Waals surface area contributed by atoms with E-state index < -0.39 is 0 Å². The molecule has 0 spiro atoms. The van der Waals surface area contributed by atoms with Crippen LogP contribution in [0.1, 0.15) is 16.2 Å². The molecule has 0 radical (unpaired) electrons. The van der Waals surface area contributed by atoms with Crippen LogP contribution in [0.15, 0.2) is 53.5 Å². The Morgan fingerprint density at radius 3 is 2.82 bits per heavy atom. The van der Waals surface area contributed by atoms with Crippen molar-refractivity contribution >= 4 is 27.7 Å². The summed E-state index contributed by atoms with van der Waals surface area (Å²) in [4.78, 5) is 24.6. The van der Waals surface area contributed by atoms with Crippen LogP contribution in [-0.2, 0) is 0 Å². The van der Waals surface area contributed by atoms with Gasteiger partial charge in [-0.1, -0.05) is 22.0 Å². The van der Waals surface area contributed by atoms with Gasteiger partial charge in [0.05, 0.1) is 0 Å². The Labute approximate surface area is 135 Å². The number of carbonyl (C=O) groups excluding carboxylic acids is 1. The number of nitrogens with one attached hydrogen (secondary N) is 1. The maximum atomic E-state index is 12.2. The zero-order chi connectivity index (χ0) is 15.5. The molecule has 2 heterocycles. The molecule has 0 saturated heterocycles. The van der Waals surface area contributed by atoms with Crippen LogP contribution in [0.5, 0.6) is 0 Å². The number of hydrogen-bond donors (Lipinski definition) is 1. The van der Waals surface area contributed by atoms with E-state index in [1.807, 2.05) is 17.6 Å². The lowest BCUT2D eigenvalue weighted by molar-refractivity contribution is 0.102. The largest absolute Gasteiger partial charge is 0.306 e. The summed E-state index contributed by atoms with van der Waals surface area (Å²) in [7, 11) is 0. The second-order valence-corrected chi connectivity index (χ2v) is 5.49. The van der Waals surface area contributed by atoms with Crippen molar-refractivity contribution in [1.29, 1.82) is 0 Å². The second kappa shape index (κ2) is 6.07. The van der Waals surface area contributed by atoms with Gasteiger partial charge in [0.25, 0.3) is 5.91 Å². The van der Waals surface area contributed by atoms with E-state index in [-0.39, 0.29) is 5.91 Å². The van der Waals surface area contributed by atoms with E-state index in [1.165, 1.54) is 6.33 Å². The molecule has 7 heteroatoms. The zero-order valence-corrected chi connectivity index (χ0v) is 13.3. The van der Waals surface area contributed by atoms with Gasteiger partial charge in [-0.3, -0.25) is 9.36 Å². The fourth-order valence-corrected chi connectivity index (χ4v) is 2.38. The van der Waals surface area contributed by atoms with Crippen LogP contribution < -0.4 is 5.32 Å². The van der Waals surface area contributed by atoms with Crippen LogP contribution in [0.3, 0.4) is 0 Å². The molecule has 110 valence electrons. The first kappa shape index (κ1) is 14.4. The Morgan fingerprint density at radius 1 is 1.23 bits per heavy atom. The molecule has 0 unspecified atom stereocenters. The number of imidazole rings is 1. The Balaban J connectivity index is 1.84. The number of hydrogen-bond acceptors (Lipinski definition) is 4. The molecule has 1 aromatic carbocycles. The van der Waals surface area contributed by atoms with Gasteiger partial charge in [-0.15, -0.1) is 0 Å². The molecule has 0 bridgehead atoms. The Morgan fingerprint density at radius 2 is 2.09 bits per heavy atom. The Bertz CT molecular complexity index is 830. The van der Waals surface area contributed by atoms with Crippen molar-refractivity contribution in [1.82, 2.24) is 19.5 Å². The molecule has 3 aromatic rings. The molecule has 1 amide bonds. The predicted molar refractivity (Wildman–Crippen MR) is 86.0 cm³/mol. The molecule has 0 aliphatic heterocycles. The van der Waals surface area contributed by atoms with Crippen molar-refractivity contribution < 1.29 is 4.79 Å². The summed E-state index contributed by atoms with van der Waals surface area (Å²) >= 11 is 3.35. The number of aromatic nitrogens is 4. The molecule has 2 aromatic heterocycles. The summed E-state index contributed by atoms with van der Waals surface area (Å²) in [6.07, 6.45) is 4.90. The number of anilines is 1. The minimum Gasteiger partial charge on any atom is -0.306 e. The van der Waals surface area contributed by atoms with E-state index in [2.05, 4.69) is 36.2 Å². The molecular weight excluding hydrogens is 346 g/mol. The molecular formula is C15H12BrN5O. The summed E-state index contributed by atoms with van der Waals surface area (Å²) in [6.45, 7) is 1.88. The fourth-order valence-electron chi connectivity index (χ4n) is 1.99. The van der Waals surface area contributed by atoms with Crippen LogP contribution >= 0.6 is 15.9 Å². The van der Waals surface area contributed by atoms with Crippen molar-refractivity contribution in [2.45, 2.75) is 6.92 Å². The van der Waals surface area contributed by atoms with Gasteiger partial charge in [-0.05, 0) is 25.1 Å². The Kier molecular flexibility index (Phi) is 3.97. The van der Waals surface area contributed by atoms with Crippen molar-refractivity contribution in [3.8, 4) is 5.82 Å². The lowest BCUT2D eigenvalue weighted by atomic mass is 10.2. The van der Waals surface area contributed by atoms with Crippen LogP contribution in [0.25, 0.3) is 5.82 Å². The molecule has 0 fully saturated rings. The van der Waals surface area contributed by atoms with E-state index in [1.54, 1.807) is 36.7 Å². The van der Waals surface area contributed by atoms with Gasteiger partial charge >= 0.3 is 0 Å². The average Bonchev–Trinajstić information content (AvgIpc) is 2.94. The number of carbonyl (C=O) groups is 1. The smallest absolute Gasteiger partial charge is 0.256 e. The number of nitrogens with zero attached hydrogens (tertiary/aromatic N) is 4. The maximum Gasteiger partial charge on any atom is 0.256 e. The number of rotatable bonds is 3. The van der Waals surface area contributed by atoms with Gasteiger partial charge in [-0.25, -0.2) is 15.0 Å². The third kappa shape index (κ3) is 3.04. The van der Waals surface area contributed by atoms with E-state index >= 15 is 0 Å². The van der Waals surface area contributed by atoms with Gasteiger partial charge in [0.15, 0.2) is 0 Å². The highest BCUT2D eigenvalue weighted by atomic mass is 79.9. The van der Waals surface area contributed by atoms with E-state index in [0.29, 0.717) is 17.2 Å². The van der Waals surface area contributed by atoms with Crippen molar-refractivity contribution in [2.24, 2.45) is 0 Å². The first-order valence-electron chi connectivity index (χ1n) is 6.53. The summed E-state index contributed by atoms with van der Waals surface area (Å²) in [6, 6.07) is 8.85. The van der Waals surface area contributed by atoms with Crippen molar-refractivity contribution in [2.75, 3.05) is 5.32 Å². The van der Waals surface area contributed by atoms with Crippen LogP contribution in [0.2, 0.25) is 0 Å². The Hall–Kier alpha value is -2.54. The van der Waals surface area contributed by atoms with Gasteiger partial charge < -0.3 is 5.32 Å². The highest BCUT2D eigenvalue weighted by molar-refractivity contribution is 9.10. The predicted octanol–water partition coefficient (Wildman–Crippen LogP) is 2.99. The van der Waals surface area contributed by atoms with E-state index in [4.69, 9.17) is 0 Å². The van der Waals surface area contributed by atoms with Crippen LogP contribution in [0, 0.1) is 6.92 Å². The minimum absolute atomic E-state index is 0.228. The quantitative estimate of drug-likeness (QED) is 0.781. The summed E-state index contributed by atoms with van der Waals surface area (Å²) in [5, 5.41) is 2.76. The van der Waals surface area contributed by atoms with E-state index in [9.17, 15) is 4.79 Å². The number of amides is 1. The zero-order valence-electron chi connectivity index (χ0n) is 11.7. The molecule has 1 N–H and O–H groups in total. The highest BCUT2D eigenvalue weighted by Gasteiger charge is 2.09. The molecule has 0 aliphatic rings. The number of halogens is 1. The molecule has 0 saturated carbocycles. The number of benzene rings is 1. The summed E-state index contributed by atoms with van der Waals surface area (Å²) in [5.74, 6) is 1.66. The average molecular weight is 358 g/mol. The summed E-state index contributed by atoms with van der Waals surface area (Å²) in [5.41, 5.74) is 0.549. The third-order valence-electron chi connectivity index (χ3n) is 3.05. The first-order chi connectivity index (χ1) is 10.6. The minimum atomic E-state index is -0.228.